The van der Waals surface area contributed by atoms with Gasteiger partial charge in [-0.15, -0.1) is 0 Å². The van der Waals surface area contributed by atoms with E-state index in [1.165, 1.54) is 30.8 Å². The second-order valence-electron chi connectivity index (χ2n) is 3.46. The molecule has 2 fully saturated rings. The Morgan fingerprint density at radius 3 is 2.90 bits per heavy atom. The van der Waals surface area contributed by atoms with Crippen LogP contribution in [0.1, 0.15) is 19.3 Å². The van der Waals surface area contributed by atoms with E-state index in [0.717, 1.165) is 13.2 Å². The molecule has 2 heteroatoms. The van der Waals surface area contributed by atoms with Crippen molar-refractivity contribution in [1.29, 1.82) is 0 Å². The third kappa shape index (κ3) is 1.19. The Morgan fingerprint density at radius 2 is 2.20 bits per heavy atom. The van der Waals surface area contributed by atoms with Gasteiger partial charge in [-0.1, -0.05) is 6.42 Å². The first-order valence-electron chi connectivity index (χ1n) is 4.07. The lowest BCUT2D eigenvalue weighted by atomic mass is 9.71. The molecule has 1 spiro atoms. The molecule has 2 aliphatic rings. The minimum absolute atomic E-state index is 0.626. The molecule has 1 saturated heterocycles. The molecule has 1 aliphatic carbocycles. The number of hydrogen-bond donors (Lipinski definition) is 0. The monoisotopic (exact) mass is 158 g/mol. The predicted molar refractivity (Wildman–Crippen MR) is 44.4 cm³/mol. The third-order valence-corrected chi connectivity index (χ3v) is 3.87. The Hall–Kier alpha value is 0.310. The molecule has 1 saturated carbocycles. The minimum atomic E-state index is 0.626. The molecule has 10 heavy (non-hydrogen) atoms. The number of rotatable bonds is 0. The van der Waals surface area contributed by atoms with Crippen LogP contribution < -0.4 is 0 Å². The van der Waals surface area contributed by atoms with Gasteiger partial charge in [0, 0.05) is 16.9 Å². The van der Waals surface area contributed by atoms with Crippen LogP contribution in [-0.4, -0.2) is 24.7 Å². The highest BCUT2D eigenvalue weighted by Crippen LogP contribution is 2.44. The fourth-order valence-corrected chi connectivity index (χ4v) is 2.89. The second-order valence-corrected chi connectivity index (χ2v) is 4.56. The van der Waals surface area contributed by atoms with Crippen LogP contribution in [0.2, 0.25) is 0 Å². The van der Waals surface area contributed by atoms with E-state index in [2.05, 4.69) is 11.8 Å². The summed E-state index contributed by atoms with van der Waals surface area (Å²) < 4.78 is 5.53. The number of ether oxygens (including phenoxy) is 1. The molecule has 0 aromatic heterocycles. The maximum atomic E-state index is 5.53. The molecule has 0 amide bonds. The molecule has 0 bridgehead atoms. The van der Waals surface area contributed by atoms with Crippen LogP contribution in [-0.2, 0) is 4.74 Å². The van der Waals surface area contributed by atoms with Crippen LogP contribution in [0.4, 0.5) is 0 Å². The molecular weight excluding hydrogens is 144 g/mol. The van der Waals surface area contributed by atoms with Gasteiger partial charge in [0.05, 0.1) is 13.2 Å². The van der Waals surface area contributed by atoms with Gasteiger partial charge in [-0.25, -0.2) is 0 Å². The normalized spacial score (nSPS) is 31.2. The second kappa shape index (κ2) is 2.74. The van der Waals surface area contributed by atoms with Crippen molar-refractivity contribution in [3.63, 3.8) is 0 Å². The zero-order chi connectivity index (χ0) is 6.86. The highest BCUT2D eigenvalue weighted by molar-refractivity contribution is 7.99. The molecule has 1 nitrogen and oxygen atoms in total. The minimum Gasteiger partial charge on any atom is -0.380 e. The van der Waals surface area contributed by atoms with Crippen molar-refractivity contribution < 1.29 is 4.74 Å². The Morgan fingerprint density at radius 1 is 1.30 bits per heavy atom. The number of hydrogen-bond acceptors (Lipinski definition) is 2. The molecule has 58 valence electrons. The average molecular weight is 158 g/mol. The lowest BCUT2D eigenvalue weighted by Gasteiger charge is -2.40. The lowest BCUT2D eigenvalue weighted by molar-refractivity contribution is 0.0213. The van der Waals surface area contributed by atoms with Gasteiger partial charge in [0.15, 0.2) is 0 Å². The zero-order valence-corrected chi connectivity index (χ0v) is 7.08. The van der Waals surface area contributed by atoms with Gasteiger partial charge >= 0.3 is 0 Å². The maximum Gasteiger partial charge on any atom is 0.0556 e. The van der Waals surface area contributed by atoms with E-state index in [1.54, 1.807) is 0 Å². The molecule has 0 N–H and O–H groups in total. The van der Waals surface area contributed by atoms with Gasteiger partial charge in [0.25, 0.3) is 0 Å². The fourth-order valence-electron chi connectivity index (χ4n) is 1.70. The van der Waals surface area contributed by atoms with Gasteiger partial charge in [-0.2, -0.15) is 11.8 Å². The van der Waals surface area contributed by atoms with E-state index < -0.39 is 0 Å². The Kier molecular flexibility index (Phi) is 1.92. The van der Waals surface area contributed by atoms with Gasteiger partial charge in [0.2, 0.25) is 0 Å². The molecule has 0 aromatic rings. The Labute approximate surface area is 66.5 Å². The van der Waals surface area contributed by atoms with E-state index in [9.17, 15) is 0 Å². The van der Waals surface area contributed by atoms with Crippen LogP contribution in [0.5, 0.6) is 0 Å². The smallest absolute Gasteiger partial charge is 0.0556 e. The Bertz CT molecular complexity index is 110. The van der Waals surface area contributed by atoms with Gasteiger partial charge in [-0.05, 0) is 12.8 Å². The van der Waals surface area contributed by atoms with Crippen molar-refractivity contribution in [2.45, 2.75) is 19.3 Å². The number of thioether (sulfide) groups is 1. The Balaban J connectivity index is 1.92. The summed E-state index contributed by atoms with van der Waals surface area (Å²) in [4.78, 5) is 0. The standard InChI is InChI=1S/C8H14OS/c1-2-8(3-1)6-9-4-5-10-7-8/h1-7H2. The molecule has 1 aliphatic heterocycles. The van der Waals surface area contributed by atoms with Crippen molar-refractivity contribution in [3.05, 3.63) is 0 Å². The van der Waals surface area contributed by atoms with E-state index >= 15 is 0 Å². The van der Waals surface area contributed by atoms with Crippen molar-refractivity contribution in [1.82, 2.24) is 0 Å². The van der Waals surface area contributed by atoms with Gasteiger partial charge in [-0.3, -0.25) is 0 Å². The van der Waals surface area contributed by atoms with Crippen molar-refractivity contribution in [2.24, 2.45) is 5.41 Å². The lowest BCUT2D eigenvalue weighted by Crippen LogP contribution is -2.35. The maximum absolute atomic E-state index is 5.53. The van der Waals surface area contributed by atoms with E-state index in [4.69, 9.17) is 4.74 Å². The molecule has 0 radical (unpaired) electrons. The molecule has 1 heterocycles. The summed E-state index contributed by atoms with van der Waals surface area (Å²) in [5.41, 5.74) is 0.626. The first kappa shape index (κ1) is 6.99. The van der Waals surface area contributed by atoms with Crippen LogP contribution in [0.3, 0.4) is 0 Å². The van der Waals surface area contributed by atoms with Crippen molar-refractivity contribution >= 4 is 11.8 Å². The largest absolute Gasteiger partial charge is 0.380 e. The summed E-state index contributed by atoms with van der Waals surface area (Å²) in [7, 11) is 0. The van der Waals surface area contributed by atoms with Gasteiger partial charge in [0.1, 0.15) is 0 Å². The summed E-state index contributed by atoms with van der Waals surface area (Å²) in [5, 5.41) is 0. The quantitative estimate of drug-likeness (QED) is 0.532. The van der Waals surface area contributed by atoms with Crippen LogP contribution in [0, 0.1) is 5.41 Å². The third-order valence-electron chi connectivity index (χ3n) is 2.60. The predicted octanol–water partition coefficient (Wildman–Crippen LogP) is 1.92. The summed E-state index contributed by atoms with van der Waals surface area (Å²) in [6.45, 7) is 2.02. The van der Waals surface area contributed by atoms with Crippen LogP contribution in [0.15, 0.2) is 0 Å². The molecule has 0 unspecified atom stereocenters. The SMILES string of the molecule is C1CC2(C1)COCCSC2. The molecular formula is C8H14OS. The van der Waals surface area contributed by atoms with E-state index in [1.807, 2.05) is 0 Å². The van der Waals surface area contributed by atoms with E-state index in [-0.39, 0.29) is 0 Å². The fraction of sp³-hybridized carbons (Fsp3) is 1.00. The topological polar surface area (TPSA) is 9.23 Å². The van der Waals surface area contributed by atoms with Crippen LogP contribution in [0.25, 0.3) is 0 Å². The highest BCUT2D eigenvalue weighted by Gasteiger charge is 2.37. The van der Waals surface area contributed by atoms with E-state index in [0.29, 0.717) is 5.41 Å². The molecule has 0 atom stereocenters. The summed E-state index contributed by atoms with van der Waals surface area (Å²) >= 11 is 2.07. The first-order chi connectivity index (χ1) is 4.91. The summed E-state index contributed by atoms with van der Waals surface area (Å²) in [6, 6.07) is 0. The van der Waals surface area contributed by atoms with Crippen molar-refractivity contribution in [2.75, 3.05) is 24.7 Å². The van der Waals surface area contributed by atoms with Crippen LogP contribution >= 0.6 is 11.8 Å². The highest BCUT2D eigenvalue weighted by atomic mass is 32.2. The summed E-state index contributed by atoms with van der Waals surface area (Å²) in [5.74, 6) is 2.56. The van der Waals surface area contributed by atoms with Crippen molar-refractivity contribution in [3.8, 4) is 0 Å². The zero-order valence-electron chi connectivity index (χ0n) is 6.27. The average Bonchev–Trinajstić information content (AvgIpc) is 2.08. The first-order valence-corrected chi connectivity index (χ1v) is 5.22. The summed E-state index contributed by atoms with van der Waals surface area (Å²) in [6.07, 6.45) is 4.27. The molecule has 0 aromatic carbocycles. The molecule has 2 rings (SSSR count). The van der Waals surface area contributed by atoms with Gasteiger partial charge < -0.3 is 4.74 Å².